The second-order valence-electron chi connectivity index (χ2n) is 2.22. The van der Waals surface area contributed by atoms with Gasteiger partial charge in [0.15, 0.2) is 5.78 Å². The van der Waals surface area contributed by atoms with E-state index in [4.69, 9.17) is 0 Å². The summed E-state index contributed by atoms with van der Waals surface area (Å²) in [7, 11) is 0. The van der Waals surface area contributed by atoms with Crippen LogP contribution in [0.1, 0.15) is 26.3 Å². The van der Waals surface area contributed by atoms with Gasteiger partial charge >= 0.3 is 0 Å². The van der Waals surface area contributed by atoms with Gasteiger partial charge in [0.05, 0.1) is 0 Å². The molecule has 0 aliphatic rings. The van der Waals surface area contributed by atoms with Gasteiger partial charge in [-0.05, 0) is 30.7 Å². The lowest BCUT2D eigenvalue weighted by molar-refractivity contribution is -0.112. The van der Waals surface area contributed by atoms with E-state index in [1.807, 2.05) is 26.0 Å². The van der Waals surface area contributed by atoms with Gasteiger partial charge in [-0.15, -0.1) is 0 Å². The molecule has 0 fully saturated rings. The molecular weight excluding hydrogens is 162 g/mol. The maximum absolute atomic E-state index is 10.5. The molecule has 1 rings (SSSR count). The number of hydrogen-bond acceptors (Lipinski definition) is 2. The summed E-state index contributed by atoms with van der Waals surface area (Å²) in [4.78, 5) is 14.4. The summed E-state index contributed by atoms with van der Waals surface area (Å²) in [6, 6.07) is 3.69. The summed E-state index contributed by atoms with van der Waals surface area (Å²) in [5, 5.41) is 0. The van der Waals surface area contributed by atoms with Crippen molar-refractivity contribution in [3.05, 3.63) is 36.2 Å². The lowest BCUT2D eigenvalue weighted by atomic mass is 10.2. The molecule has 13 heavy (non-hydrogen) atoms. The summed E-state index contributed by atoms with van der Waals surface area (Å²) in [6.07, 6.45) is 6.69. The molecule has 0 radical (unpaired) electrons. The van der Waals surface area contributed by atoms with Crippen LogP contribution in [0.5, 0.6) is 0 Å². The molecule has 0 amide bonds. The van der Waals surface area contributed by atoms with Crippen molar-refractivity contribution < 1.29 is 4.79 Å². The van der Waals surface area contributed by atoms with Crippen molar-refractivity contribution >= 4 is 11.9 Å². The third-order valence-corrected chi connectivity index (χ3v) is 1.22. The van der Waals surface area contributed by atoms with Crippen molar-refractivity contribution in [2.45, 2.75) is 20.8 Å². The Morgan fingerprint density at radius 1 is 1.31 bits per heavy atom. The molecule has 0 aliphatic carbocycles. The van der Waals surface area contributed by atoms with Gasteiger partial charge in [-0.1, -0.05) is 19.9 Å². The van der Waals surface area contributed by atoms with Crippen LogP contribution in [0.2, 0.25) is 0 Å². The highest BCUT2D eigenvalue weighted by molar-refractivity contribution is 5.91. The quantitative estimate of drug-likeness (QED) is 0.650. The molecule has 0 saturated carbocycles. The molecule has 0 unspecified atom stereocenters. The zero-order valence-corrected chi connectivity index (χ0v) is 8.32. The van der Waals surface area contributed by atoms with Crippen LogP contribution >= 0.6 is 0 Å². The molecule has 0 bridgehead atoms. The van der Waals surface area contributed by atoms with Crippen LogP contribution in [0.3, 0.4) is 0 Å². The Labute approximate surface area is 79.3 Å². The molecule has 0 saturated heterocycles. The van der Waals surface area contributed by atoms with Crippen molar-refractivity contribution in [2.24, 2.45) is 0 Å². The lowest BCUT2D eigenvalue weighted by Crippen LogP contribution is -1.79. The molecule has 1 aromatic heterocycles. The van der Waals surface area contributed by atoms with Gasteiger partial charge in [0.2, 0.25) is 0 Å². The number of hydrogen-bond donors (Lipinski definition) is 0. The molecule has 1 aromatic rings. The molecule has 2 heteroatoms. The monoisotopic (exact) mass is 177 g/mol. The summed E-state index contributed by atoms with van der Waals surface area (Å²) in [5.41, 5.74) is 0.996. The van der Waals surface area contributed by atoms with Gasteiger partial charge in [0.1, 0.15) is 0 Å². The molecule has 2 nitrogen and oxygen atoms in total. The number of carbonyl (C=O) groups is 1. The zero-order chi connectivity index (χ0) is 10.1. The van der Waals surface area contributed by atoms with Gasteiger partial charge in [-0.25, -0.2) is 0 Å². The lowest BCUT2D eigenvalue weighted by Gasteiger charge is -1.87. The van der Waals surface area contributed by atoms with Crippen LogP contribution in [0.15, 0.2) is 30.6 Å². The predicted molar refractivity (Wildman–Crippen MR) is 55.3 cm³/mol. The minimum absolute atomic E-state index is 0.0572. The van der Waals surface area contributed by atoms with Crippen LogP contribution in [0.25, 0.3) is 6.08 Å². The van der Waals surface area contributed by atoms with E-state index >= 15 is 0 Å². The molecule has 0 aromatic carbocycles. The van der Waals surface area contributed by atoms with Crippen LogP contribution in [-0.2, 0) is 4.79 Å². The van der Waals surface area contributed by atoms with Crippen molar-refractivity contribution in [1.82, 2.24) is 4.98 Å². The summed E-state index contributed by atoms with van der Waals surface area (Å²) in [5.74, 6) is 0.0572. The molecule has 0 atom stereocenters. The first-order valence-electron chi connectivity index (χ1n) is 4.38. The normalized spacial score (nSPS) is 9.15. The van der Waals surface area contributed by atoms with E-state index in [0.29, 0.717) is 0 Å². The van der Waals surface area contributed by atoms with E-state index in [1.165, 1.54) is 13.0 Å². The number of nitrogens with zero attached hydrogens (tertiary/aromatic N) is 1. The fraction of sp³-hybridized carbons (Fsp3) is 0.273. The SMILES string of the molecule is CC.CC(=O)/C=C/c1ccncc1. The van der Waals surface area contributed by atoms with Crippen LogP contribution in [0, 0.1) is 0 Å². The smallest absolute Gasteiger partial charge is 0.152 e. The minimum Gasteiger partial charge on any atom is -0.295 e. The minimum atomic E-state index is 0.0572. The number of rotatable bonds is 2. The fourth-order valence-corrected chi connectivity index (χ4v) is 0.688. The Hall–Kier alpha value is -1.44. The molecule has 0 spiro atoms. The van der Waals surface area contributed by atoms with E-state index < -0.39 is 0 Å². The van der Waals surface area contributed by atoms with Crippen molar-refractivity contribution in [3.63, 3.8) is 0 Å². The van der Waals surface area contributed by atoms with Crippen molar-refractivity contribution in [2.75, 3.05) is 0 Å². The van der Waals surface area contributed by atoms with Crippen LogP contribution in [0.4, 0.5) is 0 Å². The number of allylic oxidation sites excluding steroid dienone is 1. The number of aromatic nitrogens is 1. The fourth-order valence-electron chi connectivity index (χ4n) is 0.688. The van der Waals surface area contributed by atoms with Crippen LogP contribution in [-0.4, -0.2) is 10.8 Å². The maximum atomic E-state index is 10.5. The Morgan fingerprint density at radius 2 is 1.85 bits per heavy atom. The van der Waals surface area contributed by atoms with Crippen molar-refractivity contribution in [3.8, 4) is 0 Å². The van der Waals surface area contributed by atoms with Crippen LogP contribution < -0.4 is 0 Å². The van der Waals surface area contributed by atoms with Gasteiger partial charge in [0, 0.05) is 12.4 Å². The molecule has 70 valence electrons. The first-order valence-corrected chi connectivity index (χ1v) is 4.38. The standard InChI is InChI=1S/C9H9NO.C2H6/c1-8(11)2-3-9-4-6-10-7-5-9;1-2/h2-7H,1H3;1-2H3/b3-2+;. The summed E-state index contributed by atoms with van der Waals surface area (Å²) >= 11 is 0. The van der Waals surface area contributed by atoms with Crippen molar-refractivity contribution in [1.29, 1.82) is 0 Å². The highest BCUT2D eigenvalue weighted by atomic mass is 16.1. The third kappa shape index (κ3) is 5.79. The van der Waals surface area contributed by atoms with E-state index in [2.05, 4.69) is 4.98 Å². The number of carbonyl (C=O) groups excluding carboxylic acids is 1. The topological polar surface area (TPSA) is 30.0 Å². The van der Waals surface area contributed by atoms with Gasteiger partial charge in [-0.2, -0.15) is 0 Å². The van der Waals surface area contributed by atoms with Gasteiger partial charge in [0.25, 0.3) is 0 Å². The molecule has 1 heterocycles. The van der Waals surface area contributed by atoms with E-state index in [9.17, 15) is 4.79 Å². The third-order valence-electron chi connectivity index (χ3n) is 1.22. The summed E-state index contributed by atoms with van der Waals surface area (Å²) in [6.45, 7) is 5.53. The van der Waals surface area contributed by atoms with E-state index in [0.717, 1.165) is 5.56 Å². The second kappa shape index (κ2) is 7.22. The largest absolute Gasteiger partial charge is 0.295 e. The first kappa shape index (κ1) is 11.6. The molecule has 0 aliphatic heterocycles. The zero-order valence-electron chi connectivity index (χ0n) is 8.32. The maximum Gasteiger partial charge on any atom is 0.152 e. The summed E-state index contributed by atoms with van der Waals surface area (Å²) < 4.78 is 0. The Morgan fingerprint density at radius 3 is 2.31 bits per heavy atom. The number of ketones is 1. The Bertz CT molecular complexity index is 265. The molecule has 0 N–H and O–H groups in total. The number of pyridine rings is 1. The van der Waals surface area contributed by atoms with E-state index in [1.54, 1.807) is 18.5 Å². The predicted octanol–water partition coefficient (Wildman–Crippen LogP) is 2.71. The molecular formula is C11H15NO. The Balaban J connectivity index is 0.000000671. The average molecular weight is 177 g/mol. The first-order chi connectivity index (χ1) is 6.29. The Kier molecular flexibility index (Phi) is 6.42. The highest BCUT2D eigenvalue weighted by Crippen LogP contribution is 1.98. The van der Waals surface area contributed by atoms with E-state index in [-0.39, 0.29) is 5.78 Å². The second-order valence-corrected chi connectivity index (χ2v) is 2.22. The van der Waals surface area contributed by atoms with Gasteiger partial charge < -0.3 is 0 Å². The van der Waals surface area contributed by atoms with Gasteiger partial charge in [-0.3, -0.25) is 9.78 Å². The highest BCUT2D eigenvalue weighted by Gasteiger charge is 1.84. The average Bonchev–Trinajstić information content (AvgIpc) is 2.19.